The highest BCUT2D eigenvalue weighted by Gasteiger charge is 2.40. The van der Waals surface area contributed by atoms with E-state index in [-0.39, 0.29) is 34.1 Å². The fourth-order valence-electron chi connectivity index (χ4n) is 4.15. The highest BCUT2D eigenvalue weighted by Crippen LogP contribution is 2.44. The average Bonchev–Trinajstić information content (AvgIpc) is 3.31. The van der Waals surface area contributed by atoms with Crippen LogP contribution in [0.2, 0.25) is 0 Å². The third-order valence-corrected chi connectivity index (χ3v) is 5.50. The van der Waals surface area contributed by atoms with E-state index in [0.29, 0.717) is 18.7 Å². The van der Waals surface area contributed by atoms with Crippen molar-refractivity contribution in [3.63, 3.8) is 0 Å². The molecule has 8 heteroatoms. The maximum Gasteiger partial charge on any atom is 0.341 e. The van der Waals surface area contributed by atoms with Crippen LogP contribution in [0.3, 0.4) is 0 Å². The predicted molar refractivity (Wildman–Crippen MR) is 92.4 cm³/mol. The van der Waals surface area contributed by atoms with Gasteiger partial charge in [-0.1, -0.05) is 0 Å². The molecule has 3 heterocycles. The van der Waals surface area contributed by atoms with Gasteiger partial charge >= 0.3 is 5.97 Å². The van der Waals surface area contributed by atoms with Gasteiger partial charge in [-0.15, -0.1) is 0 Å². The van der Waals surface area contributed by atoms with Crippen LogP contribution < -0.4 is 15.6 Å². The Balaban J connectivity index is 1.87. The normalized spacial score (nSPS) is 21.5. The van der Waals surface area contributed by atoms with Crippen molar-refractivity contribution in [2.75, 3.05) is 16.8 Å². The van der Waals surface area contributed by atoms with Crippen LogP contribution in [-0.2, 0) is 4.79 Å². The summed E-state index contributed by atoms with van der Waals surface area (Å²) in [6.45, 7) is 0.578. The summed E-state index contributed by atoms with van der Waals surface area (Å²) in [5.74, 6) is -2.12. The minimum atomic E-state index is -1.34. The maximum atomic E-state index is 15.6. The van der Waals surface area contributed by atoms with Gasteiger partial charge in [0, 0.05) is 18.8 Å². The Labute approximate surface area is 147 Å². The van der Waals surface area contributed by atoms with Gasteiger partial charge in [0.2, 0.25) is 11.3 Å². The van der Waals surface area contributed by atoms with Crippen molar-refractivity contribution >= 4 is 34.2 Å². The molecule has 1 aromatic carbocycles. The molecule has 0 radical (unpaired) electrons. The van der Waals surface area contributed by atoms with E-state index in [9.17, 15) is 19.5 Å². The molecular formula is C18H16FN3O4. The minimum Gasteiger partial charge on any atom is -0.477 e. The lowest BCUT2D eigenvalue weighted by atomic mass is 10.0. The summed E-state index contributed by atoms with van der Waals surface area (Å²) < 4.78 is 17.2. The molecule has 3 aliphatic rings. The Morgan fingerprint density at radius 2 is 2.04 bits per heavy atom. The van der Waals surface area contributed by atoms with E-state index in [1.54, 1.807) is 9.47 Å². The molecule has 7 nitrogen and oxygen atoms in total. The first-order valence-corrected chi connectivity index (χ1v) is 8.69. The molecule has 26 heavy (non-hydrogen) atoms. The zero-order valence-electron chi connectivity index (χ0n) is 13.8. The number of aromatic carboxylic acids is 1. The first-order chi connectivity index (χ1) is 12.5. The number of hydrogen-bond acceptors (Lipinski definition) is 4. The van der Waals surface area contributed by atoms with E-state index in [0.717, 1.165) is 19.3 Å². The Kier molecular flexibility index (Phi) is 2.99. The topological polar surface area (TPSA) is 91.6 Å². The molecule has 2 fully saturated rings. The van der Waals surface area contributed by atoms with Crippen molar-refractivity contribution < 1.29 is 19.1 Å². The summed E-state index contributed by atoms with van der Waals surface area (Å²) in [6.07, 6.45) is 4.34. The molecule has 2 aliphatic heterocycles. The third-order valence-electron chi connectivity index (χ3n) is 5.50. The van der Waals surface area contributed by atoms with E-state index in [1.807, 2.05) is 0 Å². The number of carbonyl (C=O) groups excluding carboxylic acids is 1. The predicted octanol–water partition coefficient (Wildman–Crippen LogP) is 2.09. The van der Waals surface area contributed by atoms with Gasteiger partial charge in [0.15, 0.2) is 5.82 Å². The number of carboxylic acids is 1. The SMILES string of the molecule is O=C(O)c1cn(C2CC2)c2c(F)c3c(cc2c1=O)NC(=O)C1CCCN31. The summed E-state index contributed by atoms with van der Waals surface area (Å²) in [5, 5.41) is 12.0. The first kappa shape index (κ1) is 15.4. The molecule has 2 aromatic rings. The smallest absolute Gasteiger partial charge is 0.341 e. The Hall–Kier alpha value is -2.90. The highest BCUT2D eigenvalue weighted by molar-refractivity contribution is 6.07. The van der Waals surface area contributed by atoms with Gasteiger partial charge in [0.1, 0.15) is 11.6 Å². The largest absolute Gasteiger partial charge is 0.477 e. The van der Waals surface area contributed by atoms with Crippen LogP contribution in [0, 0.1) is 5.82 Å². The lowest BCUT2D eigenvalue weighted by molar-refractivity contribution is -0.117. The number of pyridine rings is 1. The molecule has 0 bridgehead atoms. The number of amides is 1. The van der Waals surface area contributed by atoms with Crippen LogP contribution in [0.15, 0.2) is 17.1 Å². The highest BCUT2D eigenvalue weighted by atomic mass is 19.1. The van der Waals surface area contributed by atoms with E-state index in [1.165, 1.54) is 12.3 Å². The standard InChI is InChI=1S/C18H16FN3O4/c19-13-14-9(16(23)10(18(25)26)7-22(14)8-3-4-8)6-11-15(13)21-5-1-2-12(21)17(24)20-11/h6-8,12H,1-5H2,(H,20,24)(H,25,26). The van der Waals surface area contributed by atoms with Crippen LogP contribution in [0.5, 0.6) is 0 Å². The quantitative estimate of drug-likeness (QED) is 0.859. The van der Waals surface area contributed by atoms with E-state index >= 15 is 4.39 Å². The molecule has 1 atom stereocenters. The van der Waals surface area contributed by atoms with Crippen LogP contribution >= 0.6 is 0 Å². The molecule has 1 saturated carbocycles. The number of benzene rings is 1. The molecule has 1 amide bonds. The summed E-state index contributed by atoms with van der Waals surface area (Å²) in [7, 11) is 0. The number of hydrogen-bond donors (Lipinski definition) is 2. The molecule has 0 spiro atoms. The fourth-order valence-corrected chi connectivity index (χ4v) is 4.15. The number of nitrogens with zero attached hydrogens (tertiary/aromatic N) is 2. The second kappa shape index (κ2) is 5.06. The molecule has 1 saturated heterocycles. The zero-order valence-corrected chi connectivity index (χ0v) is 13.8. The molecule has 1 aromatic heterocycles. The van der Waals surface area contributed by atoms with E-state index in [2.05, 4.69) is 5.32 Å². The number of aromatic nitrogens is 1. The van der Waals surface area contributed by atoms with Crippen molar-refractivity contribution in [3.05, 3.63) is 33.9 Å². The van der Waals surface area contributed by atoms with Gasteiger partial charge in [0.25, 0.3) is 0 Å². The van der Waals surface area contributed by atoms with Crippen molar-refractivity contribution in [1.82, 2.24) is 4.57 Å². The van der Waals surface area contributed by atoms with Gasteiger partial charge in [-0.3, -0.25) is 9.59 Å². The molecule has 134 valence electrons. The Bertz CT molecular complexity index is 1060. The van der Waals surface area contributed by atoms with Gasteiger partial charge in [0.05, 0.1) is 22.3 Å². The number of halogens is 1. The number of rotatable bonds is 2. The minimum absolute atomic E-state index is 0.00342. The second-order valence-electron chi connectivity index (χ2n) is 7.14. The summed E-state index contributed by atoms with van der Waals surface area (Å²) in [6, 6.07) is 1.03. The van der Waals surface area contributed by atoms with E-state index < -0.39 is 23.3 Å². The molecule has 1 aliphatic carbocycles. The van der Waals surface area contributed by atoms with E-state index in [4.69, 9.17) is 0 Å². The maximum absolute atomic E-state index is 15.6. The Morgan fingerprint density at radius 3 is 2.73 bits per heavy atom. The lowest BCUT2D eigenvalue weighted by Crippen LogP contribution is -2.44. The van der Waals surface area contributed by atoms with Gasteiger partial charge in [-0.25, -0.2) is 9.18 Å². The lowest BCUT2D eigenvalue weighted by Gasteiger charge is -2.33. The summed E-state index contributed by atoms with van der Waals surface area (Å²) in [5.41, 5.74) is -0.450. The summed E-state index contributed by atoms with van der Waals surface area (Å²) >= 11 is 0. The second-order valence-corrected chi connectivity index (χ2v) is 7.14. The number of nitrogens with one attached hydrogen (secondary N) is 1. The van der Waals surface area contributed by atoms with Crippen molar-refractivity contribution in [1.29, 1.82) is 0 Å². The molecular weight excluding hydrogens is 341 g/mol. The zero-order chi connectivity index (χ0) is 18.2. The van der Waals surface area contributed by atoms with Crippen LogP contribution in [0.4, 0.5) is 15.8 Å². The molecule has 1 unspecified atom stereocenters. The van der Waals surface area contributed by atoms with Crippen molar-refractivity contribution in [3.8, 4) is 0 Å². The van der Waals surface area contributed by atoms with Gasteiger partial charge < -0.3 is 19.9 Å². The first-order valence-electron chi connectivity index (χ1n) is 8.69. The fraction of sp³-hybridized carbons (Fsp3) is 0.389. The third kappa shape index (κ3) is 1.95. The van der Waals surface area contributed by atoms with Crippen LogP contribution in [0.1, 0.15) is 42.1 Å². The average molecular weight is 357 g/mol. The number of carbonyl (C=O) groups is 2. The van der Waals surface area contributed by atoms with Crippen molar-refractivity contribution in [2.45, 2.75) is 37.8 Å². The van der Waals surface area contributed by atoms with Crippen LogP contribution in [0.25, 0.3) is 10.9 Å². The number of fused-ring (bicyclic) bond motifs is 4. The van der Waals surface area contributed by atoms with Crippen molar-refractivity contribution in [2.24, 2.45) is 0 Å². The summed E-state index contributed by atoms with van der Waals surface area (Å²) in [4.78, 5) is 38.1. The number of carboxylic acid groups (broad SMARTS) is 1. The monoisotopic (exact) mass is 357 g/mol. The van der Waals surface area contributed by atoms with Gasteiger partial charge in [-0.2, -0.15) is 0 Å². The van der Waals surface area contributed by atoms with Crippen LogP contribution in [-0.4, -0.2) is 34.1 Å². The Morgan fingerprint density at radius 1 is 1.27 bits per heavy atom. The number of anilines is 2. The molecule has 5 rings (SSSR count). The van der Waals surface area contributed by atoms with Gasteiger partial charge in [-0.05, 0) is 31.7 Å². The molecule has 2 N–H and O–H groups in total.